The van der Waals surface area contributed by atoms with Crippen LogP contribution in [0.1, 0.15) is 10.5 Å². The molecule has 3 aromatic rings. The van der Waals surface area contributed by atoms with Crippen LogP contribution < -0.4 is 10.9 Å². The molecule has 146 valence electrons. The third-order valence-corrected chi connectivity index (χ3v) is 4.33. The number of amides is 1. The lowest BCUT2D eigenvalue weighted by molar-refractivity contribution is 0.0799. The number of nitrogens with zero attached hydrogens (tertiary/aromatic N) is 3. The Labute approximate surface area is 165 Å². The summed E-state index contributed by atoms with van der Waals surface area (Å²) in [7, 11) is 0. The predicted molar refractivity (Wildman–Crippen MR) is 106 cm³/mol. The topological polar surface area (TPSA) is 109 Å². The van der Waals surface area contributed by atoms with Gasteiger partial charge in [-0.1, -0.05) is 29.8 Å². The second-order valence-electron chi connectivity index (χ2n) is 6.13. The Morgan fingerprint density at radius 1 is 1.39 bits per heavy atom. The summed E-state index contributed by atoms with van der Waals surface area (Å²) in [6, 6.07) is 7.08. The van der Waals surface area contributed by atoms with Crippen LogP contribution in [-0.2, 0) is 6.54 Å². The van der Waals surface area contributed by atoms with E-state index in [-0.39, 0.29) is 30.0 Å². The molecule has 0 saturated heterocycles. The molecule has 3 N–H and O–H groups in total. The summed E-state index contributed by atoms with van der Waals surface area (Å²) in [4.78, 5) is 29.3. The van der Waals surface area contributed by atoms with E-state index in [4.69, 9.17) is 16.7 Å². The van der Waals surface area contributed by atoms with Crippen LogP contribution in [0.2, 0.25) is 5.02 Å². The Balaban J connectivity index is 2.08. The van der Waals surface area contributed by atoms with Crippen molar-refractivity contribution in [3.05, 3.63) is 70.4 Å². The van der Waals surface area contributed by atoms with Crippen LogP contribution in [0.15, 0.2) is 54.1 Å². The average molecular weight is 403 g/mol. The van der Waals surface area contributed by atoms with E-state index in [1.807, 2.05) is 6.07 Å². The molecule has 1 atom stereocenters. The van der Waals surface area contributed by atoms with Gasteiger partial charge < -0.3 is 15.5 Å². The highest BCUT2D eigenvalue weighted by Gasteiger charge is 2.17. The van der Waals surface area contributed by atoms with E-state index < -0.39 is 18.6 Å². The van der Waals surface area contributed by atoms with Gasteiger partial charge in [-0.2, -0.15) is 0 Å². The first-order valence-corrected chi connectivity index (χ1v) is 8.89. The number of carbonyl (C=O) groups excluding carboxylic acids is 1. The van der Waals surface area contributed by atoms with E-state index in [0.29, 0.717) is 10.7 Å². The number of fused-ring (bicyclic) bond motifs is 1. The van der Waals surface area contributed by atoms with Crippen molar-refractivity contribution in [2.75, 3.05) is 13.2 Å². The zero-order chi connectivity index (χ0) is 20.3. The summed E-state index contributed by atoms with van der Waals surface area (Å²) < 4.78 is 2.98. The fourth-order valence-electron chi connectivity index (χ4n) is 2.75. The van der Waals surface area contributed by atoms with E-state index in [1.165, 1.54) is 15.2 Å². The molecule has 1 amide bonds. The zero-order valence-corrected chi connectivity index (χ0v) is 15.6. The normalized spacial score (nSPS) is 12.1. The van der Waals surface area contributed by atoms with Gasteiger partial charge >= 0.3 is 0 Å². The van der Waals surface area contributed by atoms with E-state index in [1.54, 1.807) is 30.5 Å². The van der Waals surface area contributed by atoms with Crippen molar-refractivity contribution >= 4 is 23.2 Å². The van der Waals surface area contributed by atoms with Gasteiger partial charge in [-0.05, 0) is 12.1 Å². The number of allylic oxidation sites excluding steroid dienone is 1. The second-order valence-corrected chi connectivity index (χ2v) is 6.57. The van der Waals surface area contributed by atoms with Gasteiger partial charge in [-0.15, -0.1) is 6.58 Å². The maximum absolute atomic E-state index is 12.9. The summed E-state index contributed by atoms with van der Waals surface area (Å²) in [5.74, 6) is -0.560. The summed E-state index contributed by atoms with van der Waals surface area (Å²) in [6.45, 7) is 3.35. The fraction of sp³-hybridized carbons (Fsp3) is 0.211. The van der Waals surface area contributed by atoms with Gasteiger partial charge in [0.05, 0.1) is 18.4 Å². The molecule has 0 fully saturated rings. The molecule has 2 heterocycles. The highest BCUT2D eigenvalue weighted by atomic mass is 35.5. The van der Waals surface area contributed by atoms with Gasteiger partial charge in [0, 0.05) is 36.1 Å². The van der Waals surface area contributed by atoms with E-state index in [9.17, 15) is 14.7 Å². The van der Waals surface area contributed by atoms with E-state index in [2.05, 4.69) is 16.9 Å². The van der Waals surface area contributed by atoms with Gasteiger partial charge in [0.1, 0.15) is 5.69 Å². The first kappa shape index (κ1) is 19.8. The molecule has 8 nitrogen and oxygen atoms in total. The standard InChI is InChI=1S/C19H19ClN4O4/c1-2-6-24-16(12-4-3-5-13(20)7-12)10-23-9-15(22-17(23)19(24)28)18(27)21-8-14(26)11-25/h2-5,7,9-10,14,25-26H,1,6,8,11H2,(H,21,27)/t14-/m1/s1. The van der Waals surface area contributed by atoms with Gasteiger partial charge in [0.15, 0.2) is 0 Å². The number of aliphatic hydroxyl groups excluding tert-OH is 2. The second kappa shape index (κ2) is 8.39. The number of benzene rings is 1. The Morgan fingerprint density at radius 2 is 2.18 bits per heavy atom. The Hall–Kier alpha value is -2.94. The van der Waals surface area contributed by atoms with Crippen LogP contribution in [-0.4, -0.2) is 49.3 Å². The minimum absolute atomic E-state index is 0.0237. The molecular weight excluding hydrogens is 384 g/mol. The summed E-state index contributed by atoms with van der Waals surface area (Å²) in [5, 5.41) is 21.2. The third kappa shape index (κ3) is 3.99. The predicted octanol–water partition coefficient (Wildman–Crippen LogP) is 1.09. The van der Waals surface area contributed by atoms with Crippen molar-refractivity contribution in [1.82, 2.24) is 19.3 Å². The molecule has 3 rings (SSSR count). The first-order chi connectivity index (χ1) is 13.4. The monoisotopic (exact) mass is 402 g/mol. The Bertz CT molecular complexity index is 1090. The smallest absolute Gasteiger partial charge is 0.295 e. The number of aromatic nitrogens is 3. The number of halogens is 1. The molecule has 0 aliphatic rings. The first-order valence-electron chi connectivity index (χ1n) is 8.51. The van der Waals surface area contributed by atoms with Crippen LogP contribution in [0, 0.1) is 0 Å². The van der Waals surface area contributed by atoms with Crippen LogP contribution in [0.5, 0.6) is 0 Å². The quantitative estimate of drug-likeness (QED) is 0.512. The largest absolute Gasteiger partial charge is 0.394 e. The molecule has 2 aromatic heterocycles. The number of rotatable bonds is 7. The maximum atomic E-state index is 12.9. The summed E-state index contributed by atoms with van der Waals surface area (Å²) in [5.41, 5.74) is 1.06. The molecule has 0 radical (unpaired) electrons. The molecule has 0 aliphatic heterocycles. The molecule has 9 heteroatoms. The zero-order valence-electron chi connectivity index (χ0n) is 14.9. The number of aliphatic hydroxyl groups is 2. The lowest BCUT2D eigenvalue weighted by atomic mass is 10.1. The molecule has 0 saturated carbocycles. The minimum Gasteiger partial charge on any atom is -0.394 e. The Kier molecular flexibility index (Phi) is 5.93. The van der Waals surface area contributed by atoms with Gasteiger partial charge in [0.25, 0.3) is 11.5 Å². The van der Waals surface area contributed by atoms with Crippen LogP contribution >= 0.6 is 11.6 Å². The van der Waals surface area contributed by atoms with Crippen LogP contribution in [0.3, 0.4) is 0 Å². The van der Waals surface area contributed by atoms with E-state index in [0.717, 1.165) is 5.56 Å². The molecule has 0 unspecified atom stereocenters. The number of hydrogen-bond donors (Lipinski definition) is 3. The van der Waals surface area contributed by atoms with Crippen molar-refractivity contribution in [2.45, 2.75) is 12.6 Å². The lowest BCUT2D eigenvalue weighted by Crippen LogP contribution is -2.34. The maximum Gasteiger partial charge on any atom is 0.295 e. The number of carbonyl (C=O) groups is 1. The van der Waals surface area contributed by atoms with Crippen molar-refractivity contribution in [3.63, 3.8) is 0 Å². The van der Waals surface area contributed by atoms with Crippen molar-refractivity contribution in [3.8, 4) is 11.3 Å². The minimum atomic E-state index is -1.07. The van der Waals surface area contributed by atoms with Gasteiger partial charge in [0.2, 0.25) is 5.65 Å². The van der Waals surface area contributed by atoms with E-state index >= 15 is 0 Å². The molecule has 28 heavy (non-hydrogen) atoms. The summed E-state index contributed by atoms with van der Waals surface area (Å²) in [6.07, 6.45) is 3.65. The van der Waals surface area contributed by atoms with Gasteiger partial charge in [-0.3, -0.25) is 18.6 Å². The number of hydrogen-bond acceptors (Lipinski definition) is 5. The van der Waals surface area contributed by atoms with Crippen LogP contribution in [0.25, 0.3) is 16.9 Å². The van der Waals surface area contributed by atoms with Crippen molar-refractivity contribution in [2.24, 2.45) is 0 Å². The molecule has 0 bridgehead atoms. The molecular formula is C19H19ClN4O4. The summed E-state index contributed by atoms with van der Waals surface area (Å²) >= 11 is 6.08. The highest BCUT2D eigenvalue weighted by Crippen LogP contribution is 2.22. The molecule has 0 aliphatic carbocycles. The van der Waals surface area contributed by atoms with Gasteiger partial charge in [-0.25, -0.2) is 4.98 Å². The van der Waals surface area contributed by atoms with Crippen molar-refractivity contribution in [1.29, 1.82) is 0 Å². The third-order valence-electron chi connectivity index (χ3n) is 4.09. The fourth-order valence-corrected chi connectivity index (χ4v) is 2.94. The molecule has 1 aromatic carbocycles. The lowest BCUT2D eigenvalue weighted by Gasteiger charge is -2.12. The molecule has 0 spiro atoms. The Morgan fingerprint density at radius 3 is 2.86 bits per heavy atom. The highest BCUT2D eigenvalue weighted by molar-refractivity contribution is 6.30. The van der Waals surface area contributed by atoms with Crippen molar-refractivity contribution < 1.29 is 15.0 Å². The average Bonchev–Trinajstić information content (AvgIpc) is 3.12. The van der Waals surface area contributed by atoms with Crippen LogP contribution in [0.4, 0.5) is 0 Å². The number of nitrogens with one attached hydrogen (secondary N) is 1. The number of imidazole rings is 1. The SMILES string of the molecule is C=CCn1c(-c2cccc(Cl)c2)cn2cc(C(=O)NC[C@@H](O)CO)nc2c1=O.